The molecule has 6 heteroatoms. The van der Waals surface area contributed by atoms with Crippen molar-refractivity contribution < 1.29 is 15.0 Å². The quantitative estimate of drug-likeness (QED) is 0.900. The minimum atomic E-state index is -0.966. The SMILES string of the molecule is O=C(O)c1cccnc1N1CCN(c2ccccc2O)CC1. The Kier molecular flexibility index (Phi) is 3.82. The maximum Gasteiger partial charge on any atom is 0.339 e. The van der Waals surface area contributed by atoms with E-state index in [0.717, 1.165) is 5.69 Å². The van der Waals surface area contributed by atoms with Crippen LogP contribution in [-0.2, 0) is 0 Å². The Labute approximate surface area is 128 Å². The van der Waals surface area contributed by atoms with E-state index in [9.17, 15) is 15.0 Å². The summed E-state index contributed by atoms with van der Waals surface area (Å²) in [5, 5.41) is 19.2. The van der Waals surface area contributed by atoms with Crippen molar-refractivity contribution in [3.8, 4) is 5.75 Å². The number of piperazine rings is 1. The smallest absolute Gasteiger partial charge is 0.339 e. The molecule has 0 bridgehead atoms. The van der Waals surface area contributed by atoms with Gasteiger partial charge in [-0.05, 0) is 24.3 Å². The lowest BCUT2D eigenvalue weighted by molar-refractivity contribution is 0.0697. The molecule has 2 aromatic rings. The molecule has 0 saturated carbocycles. The number of aromatic carboxylic acids is 1. The second-order valence-corrected chi connectivity index (χ2v) is 5.14. The van der Waals surface area contributed by atoms with Crippen LogP contribution in [0.4, 0.5) is 11.5 Å². The zero-order valence-corrected chi connectivity index (χ0v) is 12.0. The third-order valence-electron chi connectivity index (χ3n) is 3.82. The molecule has 22 heavy (non-hydrogen) atoms. The van der Waals surface area contributed by atoms with Crippen LogP contribution in [0.25, 0.3) is 0 Å². The lowest BCUT2D eigenvalue weighted by Gasteiger charge is -2.37. The fourth-order valence-electron chi connectivity index (χ4n) is 2.71. The van der Waals surface area contributed by atoms with Crippen molar-refractivity contribution in [3.63, 3.8) is 0 Å². The Morgan fingerprint density at radius 2 is 1.68 bits per heavy atom. The van der Waals surface area contributed by atoms with Gasteiger partial charge in [0.2, 0.25) is 0 Å². The van der Waals surface area contributed by atoms with Crippen LogP contribution in [0.3, 0.4) is 0 Å². The van der Waals surface area contributed by atoms with E-state index in [1.165, 1.54) is 0 Å². The van der Waals surface area contributed by atoms with Crippen LogP contribution in [0.15, 0.2) is 42.6 Å². The first kappa shape index (κ1) is 14.2. The van der Waals surface area contributed by atoms with Gasteiger partial charge in [0, 0.05) is 32.4 Å². The van der Waals surface area contributed by atoms with E-state index < -0.39 is 5.97 Å². The largest absolute Gasteiger partial charge is 0.506 e. The van der Waals surface area contributed by atoms with E-state index >= 15 is 0 Å². The Hall–Kier alpha value is -2.76. The van der Waals surface area contributed by atoms with Gasteiger partial charge < -0.3 is 20.0 Å². The molecule has 114 valence electrons. The highest BCUT2D eigenvalue weighted by Crippen LogP contribution is 2.28. The number of aromatic nitrogens is 1. The molecule has 0 amide bonds. The van der Waals surface area contributed by atoms with Gasteiger partial charge in [-0.15, -0.1) is 0 Å². The first-order valence-electron chi connectivity index (χ1n) is 7.13. The summed E-state index contributed by atoms with van der Waals surface area (Å²) in [6.45, 7) is 2.72. The molecule has 1 aliphatic rings. The van der Waals surface area contributed by atoms with Gasteiger partial charge in [0.15, 0.2) is 0 Å². The number of phenols is 1. The van der Waals surface area contributed by atoms with Gasteiger partial charge in [-0.25, -0.2) is 9.78 Å². The van der Waals surface area contributed by atoms with Crippen LogP contribution in [0.5, 0.6) is 5.75 Å². The van der Waals surface area contributed by atoms with Crippen molar-refractivity contribution in [3.05, 3.63) is 48.2 Å². The fraction of sp³-hybridized carbons (Fsp3) is 0.250. The van der Waals surface area contributed by atoms with Gasteiger partial charge in [0.1, 0.15) is 17.1 Å². The van der Waals surface area contributed by atoms with Crippen molar-refractivity contribution in [2.24, 2.45) is 0 Å². The van der Waals surface area contributed by atoms with Gasteiger partial charge in [-0.3, -0.25) is 0 Å². The minimum absolute atomic E-state index is 0.221. The summed E-state index contributed by atoms with van der Waals surface area (Å²) in [6.07, 6.45) is 1.61. The first-order valence-corrected chi connectivity index (χ1v) is 7.13. The summed E-state index contributed by atoms with van der Waals surface area (Å²) in [5.41, 5.74) is 1.03. The molecule has 1 aliphatic heterocycles. The fourth-order valence-corrected chi connectivity index (χ4v) is 2.71. The van der Waals surface area contributed by atoms with Crippen molar-refractivity contribution in [1.82, 2.24) is 4.98 Å². The highest BCUT2D eigenvalue weighted by atomic mass is 16.4. The Morgan fingerprint density at radius 3 is 2.36 bits per heavy atom. The molecule has 0 aliphatic carbocycles. The zero-order valence-electron chi connectivity index (χ0n) is 12.0. The molecular formula is C16H17N3O3. The van der Waals surface area contributed by atoms with E-state index in [0.29, 0.717) is 32.0 Å². The van der Waals surface area contributed by atoms with Crippen LogP contribution in [0.2, 0.25) is 0 Å². The van der Waals surface area contributed by atoms with Crippen LogP contribution >= 0.6 is 0 Å². The van der Waals surface area contributed by atoms with E-state index in [4.69, 9.17) is 0 Å². The monoisotopic (exact) mass is 299 g/mol. The highest BCUT2D eigenvalue weighted by Gasteiger charge is 2.23. The summed E-state index contributed by atoms with van der Waals surface area (Å²) in [5.74, 6) is -0.196. The maximum absolute atomic E-state index is 11.3. The first-order chi connectivity index (χ1) is 10.7. The Balaban J connectivity index is 1.75. The van der Waals surface area contributed by atoms with E-state index in [-0.39, 0.29) is 11.3 Å². The molecule has 1 aromatic heterocycles. The Bertz CT molecular complexity index is 682. The average molecular weight is 299 g/mol. The normalized spacial score (nSPS) is 14.9. The van der Waals surface area contributed by atoms with Gasteiger partial charge in [0.05, 0.1) is 5.69 Å². The standard InChI is InChI=1S/C16H17N3O3/c20-14-6-2-1-5-13(14)18-8-10-19(11-9-18)15-12(16(21)22)4-3-7-17-15/h1-7,20H,8-11H2,(H,21,22). The zero-order chi connectivity index (χ0) is 15.5. The second kappa shape index (κ2) is 5.93. The van der Waals surface area contributed by atoms with Crippen molar-refractivity contribution in [2.75, 3.05) is 36.0 Å². The summed E-state index contributed by atoms with van der Waals surface area (Å²) in [6, 6.07) is 10.4. The molecule has 0 spiro atoms. The number of hydrogen-bond donors (Lipinski definition) is 2. The van der Waals surface area contributed by atoms with Crippen LogP contribution in [-0.4, -0.2) is 47.3 Å². The number of para-hydroxylation sites is 2. The Morgan fingerprint density at radius 1 is 1.00 bits per heavy atom. The summed E-state index contributed by atoms with van der Waals surface area (Å²) in [4.78, 5) is 19.6. The number of carboxylic acid groups (broad SMARTS) is 1. The summed E-state index contributed by atoms with van der Waals surface area (Å²) >= 11 is 0. The number of anilines is 2. The number of aromatic hydroxyl groups is 1. The maximum atomic E-state index is 11.3. The number of hydrogen-bond acceptors (Lipinski definition) is 5. The highest BCUT2D eigenvalue weighted by molar-refractivity contribution is 5.93. The third kappa shape index (κ3) is 2.67. The van der Waals surface area contributed by atoms with Gasteiger partial charge in [0.25, 0.3) is 0 Å². The number of rotatable bonds is 3. The average Bonchev–Trinajstić information content (AvgIpc) is 2.55. The second-order valence-electron chi connectivity index (χ2n) is 5.14. The minimum Gasteiger partial charge on any atom is -0.506 e. The van der Waals surface area contributed by atoms with Crippen molar-refractivity contribution in [1.29, 1.82) is 0 Å². The van der Waals surface area contributed by atoms with Crippen LogP contribution in [0.1, 0.15) is 10.4 Å². The number of benzene rings is 1. The topological polar surface area (TPSA) is 76.9 Å². The lowest BCUT2D eigenvalue weighted by Crippen LogP contribution is -2.47. The summed E-state index contributed by atoms with van der Waals surface area (Å²) < 4.78 is 0. The molecule has 1 fully saturated rings. The van der Waals surface area contributed by atoms with E-state index in [1.54, 1.807) is 30.5 Å². The molecule has 2 heterocycles. The molecule has 1 saturated heterocycles. The van der Waals surface area contributed by atoms with Gasteiger partial charge in [-0.1, -0.05) is 12.1 Å². The third-order valence-corrected chi connectivity index (χ3v) is 3.82. The summed E-state index contributed by atoms with van der Waals surface area (Å²) in [7, 11) is 0. The van der Waals surface area contributed by atoms with Crippen LogP contribution < -0.4 is 9.80 Å². The number of carbonyl (C=O) groups is 1. The van der Waals surface area contributed by atoms with Crippen LogP contribution in [0, 0.1) is 0 Å². The van der Waals surface area contributed by atoms with Crippen molar-refractivity contribution >= 4 is 17.5 Å². The molecule has 2 N–H and O–H groups in total. The van der Waals surface area contributed by atoms with E-state index in [1.807, 2.05) is 17.0 Å². The molecule has 3 rings (SSSR count). The molecule has 0 unspecified atom stereocenters. The number of carboxylic acids is 1. The predicted octanol–water partition coefficient (Wildman–Crippen LogP) is 1.81. The lowest BCUT2D eigenvalue weighted by atomic mass is 10.2. The molecule has 1 aromatic carbocycles. The number of pyridine rings is 1. The molecular weight excluding hydrogens is 282 g/mol. The van der Waals surface area contributed by atoms with Gasteiger partial charge in [-0.2, -0.15) is 0 Å². The predicted molar refractivity (Wildman–Crippen MR) is 83.7 cm³/mol. The molecule has 0 atom stereocenters. The van der Waals surface area contributed by atoms with E-state index in [2.05, 4.69) is 9.88 Å². The molecule has 6 nitrogen and oxygen atoms in total. The molecule has 0 radical (unpaired) electrons. The van der Waals surface area contributed by atoms with Crippen molar-refractivity contribution in [2.45, 2.75) is 0 Å². The van der Waals surface area contributed by atoms with Gasteiger partial charge >= 0.3 is 5.97 Å². The number of phenolic OH excluding ortho intramolecular Hbond substituents is 1. The number of nitrogens with zero attached hydrogens (tertiary/aromatic N) is 3.